The lowest BCUT2D eigenvalue weighted by Gasteiger charge is -2.36. The fraction of sp³-hybridized carbons (Fsp3) is 0.571. The van der Waals surface area contributed by atoms with Crippen LogP contribution in [0.2, 0.25) is 0 Å². The fourth-order valence-electron chi connectivity index (χ4n) is 2.25. The summed E-state index contributed by atoms with van der Waals surface area (Å²) < 4.78 is 5.16. The van der Waals surface area contributed by atoms with Crippen LogP contribution in [0, 0.1) is 0 Å². The van der Waals surface area contributed by atoms with Crippen LogP contribution >= 0.6 is 0 Å². The standard InChI is InChI=1S/C14H22N4O2/c1-3-6-16-14(15-2)18-9-7-17(8-10-18)13(19)12-5-4-11-20-12/h4-5,11H,3,6-10H2,1-2H3,(H,15,16). The van der Waals surface area contributed by atoms with E-state index in [-0.39, 0.29) is 5.91 Å². The molecule has 0 atom stereocenters. The summed E-state index contributed by atoms with van der Waals surface area (Å²) >= 11 is 0. The molecule has 1 aromatic heterocycles. The van der Waals surface area contributed by atoms with Gasteiger partial charge in [-0.05, 0) is 18.6 Å². The first-order valence-electron chi connectivity index (χ1n) is 7.04. The van der Waals surface area contributed by atoms with E-state index in [0.29, 0.717) is 18.8 Å². The number of carbonyl (C=O) groups is 1. The zero-order valence-corrected chi connectivity index (χ0v) is 12.1. The molecule has 0 aliphatic carbocycles. The third kappa shape index (κ3) is 3.31. The van der Waals surface area contributed by atoms with Gasteiger partial charge in [-0.1, -0.05) is 6.92 Å². The highest BCUT2D eigenvalue weighted by Gasteiger charge is 2.24. The molecule has 2 heterocycles. The van der Waals surface area contributed by atoms with Gasteiger partial charge in [-0.25, -0.2) is 0 Å². The maximum atomic E-state index is 12.1. The summed E-state index contributed by atoms with van der Waals surface area (Å²) in [7, 11) is 1.79. The van der Waals surface area contributed by atoms with Crippen molar-refractivity contribution in [2.24, 2.45) is 4.99 Å². The topological polar surface area (TPSA) is 61.1 Å². The molecule has 20 heavy (non-hydrogen) atoms. The molecule has 1 saturated heterocycles. The normalized spacial score (nSPS) is 16.4. The van der Waals surface area contributed by atoms with Crippen LogP contribution in [0.1, 0.15) is 23.9 Å². The van der Waals surface area contributed by atoms with Gasteiger partial charge < -0.3 is 19.5 Å². The van der Waals surface area contributed by atoms with Crippen LogP contribution in [0.3, 0.4) is 0 Å². The van der Waals surface area contributed by atoms with E-state index in [9.17, 15) is 4.79 Å². The van der Waals surface area contributed by atoms with E-state index in [4.69, 9.17) is 4.42 Å². The molecule has 0 unspecified atom stereocenters. The number of rotatable bonds is 3. The molecule has 1 N–H and O–H groups in total. The van der Waals surface area contributed by atoms with Gasteiger partial charge in [-0.2, -0.15) is 0 Å². The van der Waals surface area contributed by atoms with Crippen molar-refractivity contribution in [1.29, 1.82) is 0 Å². The molecule has 6 nitrogen and oxygen atoms in total. The van der Waals surface area contributed by atoms with Crippen LogP contribution in [0.5, 0.6) is 0 Å². The monoisotopic (exact) mass is 278 g/mol. The van der Waals surface area contributed by atoms with E-state index in [2.05, 4.69) is 22.1 Å². The van der Waals surface area contributed by atoms with Gasteiger partial charge in [0.15, 0.2) is 11.7 Å². The lowest BCUT2D eigenvalue weighted by Crippen LogP contribution is -2.53. The third-order valence-corrected chi connectivity index (χ3v) is 3.34. The molecule has 1 aliphatic heterocycles. The Balaban J connectivity index is 1.87. The van der Waals surface area contributed by atoms with Crippen molar-refractivity contribution >= 4 is 11.9 Å². The first kappa shape index (κ1) is 14.4. The van der Waals surface area contributed by atoms with E-state index < -0.39 is 0 Å². The number of aliphatic imine (C=N–C) groups is 1. The summed E-state index contributed by atoms with van der Waals surface area (Å²) in [6, 6.07) is 3.44. The van der Waals surface area contributed by atoms with Gasteiger partial charge in [0, 0.05) is 39.8 Å². The largest absolute Gasteiger partial charge is 0.459 e. The molecule has 0 spiro atoms. The molecule has 0 aromatic carbocycles. The molecular weight excluding hydrogens is 256 g/mol. The van der Waals surface area contributed by atoms with Crippen molar-refractivity contribution in [3.05, 3.63) is 24.2 Å². The molecule has 6 heteroatoms. The number of hydrogen-bond donors (Lipinski definition) is 1. The number of nitrogens with one attached hydrogen (secondary N) is 1. The van der Waals surface area contributed by atoms with E-state index in [1.165, 1.54) is 6.26 Å². The Hall–Kier alpha value is -1.98. The second-order valence-corrected chi connectivity index (χ2v) is 4.73. The molecule has 0 saturated carbocycles. The van der Waals surface area contributed by atoms with Crippen LogP contribution in [-0.4, -0.2) is 61.4 Å². The van der Waals surface area contributed by atoms with Crippen LogP contribution < -0.4 is 5.32 Å². The predicted octanol–water partition coefficient (Wildman–Crippen LogP) is 1.02. The van der Waals surface area contributed by atoms with Crippen molar-refractivity contribution in [3.63, 3.8) is 0 Å². The van der Waals surface area contributed by atoms with Gasteiger partial charge in [0.25, 0.3) is 5.91 Å². The summed E-state index contributed by atoms with van der Waals surface area (Å²) in [4.78, 5) is 20.4. The smallest absolute Gasteiger partial charge is 0.289 e. The Kier molecular flexibility index (Phi) is 5.03. The summed E-state index contributed by atoms with van der Waals surface area (Å²) in [6.07, 6.45) is 2.59. The number of amides is 1. The quantitative estimate of drug-likeness (QED) is 0.662. The van der Waals surface area contributed by atoms with Gasteiger partial charge in [0.05, 0.1) is 6.26 Å². The number of piperazine rings is 1. The summed E-state index contributed by atoms with van der Waals surface area (Å²) in [5.41, 5.74) is 0. The van der Waals surface area contributed by atoms with Crippen molar-refractivity contribution in [1.82, 2.24) is 15.1 Å². The lowest BCUT2D eigenvalue weighted by atomic mass is 10.3. The lowest BCUT2D eigenvalue weighted by molar-refractivity contribution is 0.0658. The van der Waals surface area contributed by atoms with Gasteiger partial charge in [0.1, 0.15) is 0 Å². The minimum atomic E-state index is -0.0360. The predicted molar refractivity (Wildman–Crippen MR) is 77.8 cm³/mol. The Morgan fingerprint density at radius 2 is 2.05 bits per heavy atom. The van der Waals surface area contributed by atoms with Gasteiger partial charge in [-0.15, -0.1) is 0 Å². The number of guanidine groups is 1. The van der Waals surface area contributed by atoms with Gasteiger partial charge >= 0.3 is 0 Å². The van der Waals surface area contributed by atoms with Crippen LogP contribution in [0.15, 0.2) is 27.8 Å². The Bertz CT molecular complexity index is 448. The molecule has 0 radical (unpaired) electrons. The minimum absolute atomic E-state index is 0.0360. The van der Waals surface area contributed by atoms with Crippen molar-refractivity contribution in [3.8, 4) is 0 Å². The average molecular weight is 278 g/mol. The molecule has 1 aliphatic rings. The number of carbonyl (C=O) groups excluding carboxylic acids is 1. The summed E-state index contributed by atoms with van der Waals surface area (Å²) in [5.74, 6) is 1.29. The molecule has 1 amide bonds. The SMILES string of the molecule is CCCNC(=NC)N1CCN(C(=O)c2ccco2)CC1. The molecule has 2 rings (SSSR count). The van der Waals surface area contributed by atoms with Crippen molar-refractivity contribution in [2.45, 2.75) is 13.3 Å². The highest BCUT2D eigenvalue weighted by molar-refractivity contribution is 5.91. The summed E-state index contributed by atoms with van der Waals surface area (Å²) in [6.45, 7) is 5.99. The zero-order chi connectivity index (χ0) is 14.4. The van der Waals surface area contributed by atoms with E-state index in [1.54, 1.807) is 19.2 Å². The molecular formula is C14H22N4O2. The highest BCUT2D eigenvalue weighted by Crippen LogP contribution is 2.09. The zero-order valence-electron chi connectivity index (χ0n) is 12.1. The molecule has 0 bridgehead atoms. The molecule has 1 fully saturated rings. The van der Waals surface area contributed by atoms with E-state index in [0.717, 1.165) is 32.0 Å². The number of hydrogen-bond acceptors (Lipinski definition) is 3. The third-order valence-electron chi connectivity index (χ3n) is 3.34. The van der Waals surface area contributed by atoms with Crippen molar-refractivity contribution < 1.29 is 9.21 Å². The fourth-order valence-corrected chi connectivity index (χ4v) is 2.25. The maximum Gasteiger partial charge on any atom is 0.289 e. The maximum absolute atomic E-state index is 12.1. The first-order chi connectivity index (χ1) is 9.76. The number of furan rings is 1. The van der Waals surface area contributed by atoms with Gasteiger partial charge in [-0.3, -0.25) is 9.79 Å². The Morgan fingerprint density at radius 3 is 2.60 bits per heavy atom. The van der Waals surface area contributed by atoms with E-state index in [1.807, 2.05) is 4.90 Å². The first-order valence-corrected chi connectivity index (χ1v) is 7.04. The van der Waals surface area contributed by atoms with Crippen LogP contribution in [0.25, 0.3) is 0 Å². The number of nitrogens with zero attached hydrogens (tertiary/aromatic N) is 3. The molecule has 110 valence electrons. The highest BCUT2D eigenvalue weighted by atomic mass is 16.3. The van der Waals surface area contributed by atoms with Crippen LogP contribution in [-0.2, 0) is 0 Å². The Labute approximate surface area is 119 Å². The second kappa shape index (κ2) is 6.98. The minimum Gasteiger partial charge on any atom is -0.459 e. The molecule has 1 aromatic rings. The van der Waals surface area contributed by atoms with Crippen LogP contribution in [0.4, 0.5) is 0 Å². The van der Waals surface area contributed by atoms with E-state index >= 15 is 0 Å². The Morgan fingerprint density at radius 1 is 1.35 bits per heavy atom. The van der Waals surface area contributed by atoms with Gasteiger partial charge in [0.2, 0.25) is 0 Å². The average Bonchev–Trinajstić information content (AvgIpc) is 3.02. The summed E-state index contributed by atoms with van der Waals surface area (Å²) in [5, 5.41) is 3.31. The van der Waals surface area contributed by atoms with Crippen molar-refractivity contribution in [2.75, 3.05) is 39.8 Å². The second-order valence-electron chi connectivity index (χ2n) is 4.73.